The Kier molecular flexibility index (Phi) is 4.97. The summed E-state index contributed by atoms with van der Waals surface area (Å²) in [5, 5.41) is 0.782. The lowest BCUT2D eigenvalue weighted by molar-refractivity contribution is 0.606. The van der Waals surface area contributed by atoms with Crippen LogP contribution in [0.4, 0.5) is 10.2 Å². The molecule has 0 aliphatic rings. The molecule has 1 heterocycles. The van der Waals surface area contributed by atoms with Crippen molar-refractivity contribution >= 4 is 20.4 Å². The van der Waals surface area contributed by atoms with E-state index in [4.69, 9.17) is 0 Å². The van der Waals surface area contributed by atoms with Gasteiger partial charge in [0.25, 0.3) is 0 Å². The van der Waals surface area contributed by atoms with Gasteiger partial charge in [-0.25, -0.2) is 9.37 Å². The predicted octanol–water partition coefficient (Wildman–Crippen LogP) is 2.35. The molecule has 1 aromatic heterocycles. The smallest absolute Gasteiger partial charge is 0.166 e. The molecule has 2 nitrogen and oxygen atoms in total. The van der Waals surface area contributed by atoms with Crippen LogP contribution < -0.4 is 10.2 Å². The first-order chi connectivity index (χ1) is 7.19. The highest BCUT2D eigenvalue weighted by Gasteiger charge is 2.11. The molecule has 0 spiro atoms. The van der Waals surface area contributed by atoms with Crippen molar-refractivity contribution in [3.63, 3.8) is 0 Å². The highest BCUT2D eigenvalue weighted by Crippen LogP contribution is 2.15. The molecule has 0 N–H and O–H groups in total. The Morgan fingerprint density at radius 2 is 1.93 bits per heavy atom. The molecule has 84 valence electrons. The average Bonchev–Trinajstić information content (AvgIpc) is 2.17. The van der Waals surface area contributed by atoms with Crippen molar-refractivity contribution in [1.82, 2.24) is 4.98 Å². The number of anilines is 1. The highest BCUT2D eigenvalue weighted by molar-refractivity contribution is 7.27. The fraction of sp³-hybridized carbons (Fsp3) is 0.545. The van der Waals surface area contributed by atoms with E-state index in [9.17, 15) is 4.39 Å². The monoisotopic (exact) mass is 228 g/mol. The molecule has 0 aromatic carbocycles. The van der Waals surface area contributed by atoms with Gasteiger partial charge in [0.15, 0.2) is 11.6 Å². The second-order valence-corrected chi connectivity index (χ2v) is 4.23. The van der Waals surface area contributed by atoms with Gasteiger partial charge in [0.1, 0.15) is 0 Å². The van der Waals surface area contributed by atoms with Crippen molar-refractivity contribution in [1.29, 1.82) is 0 Å². The van der Waals surface area contributed by atoms with Crippen LogP contribution in [0.25, 0.3) is 0 Å². The van der Waals surface area contributed by atoms with E-state index in [1.54, 1.807) is 6.20 Å². The molecular formula is C11H18FN2P. The summed E-state index contributed by atoms with van der Waals surface area (Å²) in [4.78, 5) is 6.14. The van der Waals surface area contributed by atoms with Gasteiger partial charge in [-0.1, -0.05) is 13.8 Å². The second kappa shape index (κ2) is 6.02. The first-order valence-corrected chi connectivity index (χ1v) is 5.92. The van der Waals surface area contributed by atoms with Crippen LogP contribution in [0.1, 0.15) is 26.7 Å². The third-order valence-corrected chi connectivity index (χ3v) is 2.45. The molecule has 15 heavy (non-hydrogen) atoms. The van der Waals surface area contributed by atoms with Crippen molar-refractivity contribution in [2.24, 2.45) is 0 Å². The van der Waals surface area contributed by atoms with Crippen LogP contribution in [0.15, 0.2) is 12.3 Å². The first-order valence-electron chi connectivity index (χ1n) is 5.35. The number of aromatic nitrogens is 1. The van der Waals surface area contributed by atoms with Crippen LogP contribution in [0.3, 0.4) is 0 Å². The molecule has 0 bridgehead atoms. The molecule has 0 fully saturated rings. The fourth-order valence-electron chi connectivity index (χ4n) is 1.54. The molecule has 0 amide bonds. The summed E-state index contributed by atoms with van der Waals surface area (Å²) in [6.07, 6.45) is 3.69. The van der Waals surface area contributed by atoms with E-state index >= 15 is 0 Å². The summed E-state index contributed by atoms with van der Waals surface area (Å²) < 4.78 is 13.6. The molecule has 0 saturated carbocycles. The van der Waals surface area contributed by atoms with E-state index in [2.05, 4.69) is 28.1 Å². The van der Waals surface area contributed by atoms with Gasteiger partial charge in [-0.3, -0.25) is 0 Å². The van der Waals surface area contributed by atoms with Crippen LogP contribution in [0.5, 0.6) is 0 Å². The van der Waals surface area contributed by atoms with Gasteiger partial charge in [0, 0.05) is 19.3 Å². The van der Waals surface area contributed by atoms with Crippen LogP contribution in [0, 0.1) is 5.82 Å². The van der Waals surface area contributed by atoms with Crippen molar-refractivity contribution in [3.05, 3.63) is 18.1 Å². The topological polar surface area (TPSA) is 16.1 Å². The summed E-state index contributed by atoms with van der Waals surface area (Å²) in [6, 6.07) is 1.51. The van der Waals surface area contributed by atoms with Crippen molar-refractivity contribution in [2.75, 3.05) is 18.0 Å². The zero-order chi connectivity index (χ0) is 11.3. The summed E-state index contributed by atoms with van der Waals surface area (Å²) in [5.41, 5.74) is 0. The Morgan fingerprint density at radius 3 is 2.40 bits per heavy atom. The SMILES string of the molecule is CCCN(CCC)c1ncc(P)cc1F. The Bertz CT molecular complexity index is 311. The zero-order valence-electron chi connectivity index (χ0n) is 9.33. The molecule has 1 aromatic rings. The maximum absolute atomic E-state index is 13.6. The highest BCUT2D eigenvalue weighted by atomic mass is 31.0. The molecule has 1 rings (SSSR count). The quantitative estimate of drug-likeness (QED) is 0.719. The molecule has 4 heteroatoms. The molecule has 0 aliphatic carbocycles. The molecule has 1 atom stereocenters. The lowest BCUT2D eigenvalue weighted by atomic mass is 10.3. The zero-order valence-corrected chi connectivity index (χ0v) is 10.5. The Morgan fingerprint density at radius 1 is 1.33 bits per heavy atom. The summed E-state index contributed by atoms with van der Waals surface area (Å²) >= 11 is 0. The van der Waals surface area contributed by atoms with Gasteiger partial charge in [-0.2, -0.15) is 0 Å². The fourth-order valence-corrected chi connectivity index (χ4v) is 1.76. The molecule has 1 unspecified atom stereocenters. The minimum absolute atomic E-state index is 0.232. The molecular weight excluding hydrogens is 210 g/mol. The maximum atomic E-state index is 13.6. The number of hydrogen-bond acceptors (Lipinski definition) is 2. The van der Waals surface area contributed by atoms with Crippen LogP contribution in [-0.4, -0.2) is 18.1 Å². The number of halogens is 1. The number of nitrogens with zero attached hydrogens (tertiary/aromatic N) is 2. The van der Waals surface area contributed by atoms with Crippen molar-refractivity contribution in [2.45, 2.75) is 26.7 Å². The maximum Gasteiger partial charge on any atom is 0.166 e. The van der Waals surface area contributed by atoms with Gasteiger partial charge in [0.2, 0.25) is 0 Å². The van der Waals surface area contributed by atoms with E-state index in [0.717, 1.165) is 31.2 Å². The van der Waals surface area contributed by atoms with Gasteiger partial charge < -0.3 is 4.90 Å². The van der Waals surface area contributed by atoms with Crippen molar-refractivity contribution < 1.29 is 4.39 Å². The van der Waals surface area contributed by atoms with Crippen LogP contribution >= 0.6 is 9.24 Å². The molecule has 0 aliphatic heterocycles. The summed E-state index contributed by atoms with van der Waals surface area (Å²) in [6.45, 7) is 5.89. The predicted molar refractivity (Wildman–Crippen MR) is 66.3 cm³/mol. The van der Waals surface area contributed by atoms with Crippen LogP contribution in [-0.2, 0) is 0 Å². The first kappa shape index (κ1) is 12.4. The second-order valence-electron chi connectivity index (χ2n) is 3.56. The standard InChI is InChI=1S/C11H18FN2P/c1-3-5-14(6-4-2)11-10(12)7-9(15)8-13-11/h7-8H,3-6,15H2,1-2H3. The number of hydrogen-bond donors (Lipinski definition) is 0. The van der Waals surface area contributed by atoms with Crippen LogP contribution in [0.2, 0.25) is 0 Å². The van der Waals surface area contributed by atoms with E-state index in [1.165, 1.54) is 6.07 Å². The van der Waals surface area contributed by atoms with Crippen molar-refractivity contribution in [3.8, 4) is 0 Å². The Labute approximate surface area is 93.1 Å². The van der Waals surface area contributed by atoms with E-state index in [0.29, 0.717) is 5.82 Å². The minimum atomic E-state index is -0.232. The lowest BCUT2D eigenvalue weighted by Crippen LogP contribution is -2.27. The lowest BCUT2D eigenvalue weighted by Gasteiger charge is -2.22. The van der Waals surface area contributed by atoms with Gasteiger partial charge >= 0.3 is 0 Å². The van der Waals surface area contributed by atoms with Gasteiger partial charge in [0.05, 0.1) is 0 Å². The average molecular weight is 228 g/mol. The molecule has 0 saturated heterocycles. The minimum Gasteiger partial charge on any atom is -0.354 e. The Balaban J connectivity index is 2.89. The third kappa shape index (κ3) is 3.42. The summed E-state index contributed by atoms with van der Waals surface area (Å²) in [5.74, 6) is 0.245. The largest absolute Gasteiger partial charge is 0.354 e. The van der Waals surface area contributed by atoms with Gasteiger partial charge in [-0.15, -0.1) is 9.24 Å². The molecule has 0 radical (unpaired) electrons. The van der Waals surface area contributed by atoms with E-state index < -0.39 is 0 Å². The normalized spacial score (nSPS) is 10.4. The number of pyridine rings is 1. The Hall–Kier alpha value is -0.690. The third-order valence-electron chi connectivity index (χ3n) is 2.13. The summed E-state index contributed by atoms with van der Waals surface area (Å²) in [7, 11) is 2.45. The van der Waals surface area contributed by atoms with Gasteiger partial charge in [-0.05, 0) is 24.2 Å². The van der Waals surface area contributed by atoms with E-state index in [-0.39, 0.29) is 5.82 Å². The number of rotatable bonds is 5. The van der Waals surface area contributed by atoms with E-state index in [1.807, 2.05) is 4.90 Å².